The third-order valence-electron chi connectivity index (χ3n) is 3.31. The topological polar surface area (TPSA) is 86.3 Å². The third kappa shape index (κ3) is 3.46. The number of hydrogen-bond donors (Lipinski definition) is 2. The van der Waals surface area contributed by atoms with Gasteiger partial charge >= 0.3 is 0 Å². The van der Waals surface area contributed by atoms with E-state index in [2.05, 4.69) is 5.32 Å². The Labute approximate surface area is 111 Å². The second-order valence-corrected chi connectivity index (χ2v) is 4.80. The lowest BCUT2D eigenvalue weighted by atomic mass is 10.0. The molecule has 0 bridgehead atoms. The fraction of sp³-hybridized carbons (Fsp3) is 0.429. The van der Waals surface area contributed by atoms with Gasteiger partial charge in [0, 0.05) is 12.6 Å². The summed E-state index contributed by atoms with van der Waals surface area (Å²) in [5.41, 5.74) is -0.850. The van der Waals surface area contributed by atoms with E-state index in [4.69, 9.17) is 9.68 Å². The number of rotatable bonds is 4. The molecule has 0 atom stereocenters. The van der Waals surface area contributed by atoms with Gasteiger partial charge in [-0.05, 0) is 25.0 Å². The van der Waals surface area contributed by atoms with Crippen LogP contribution in [0.25, 0.3) is 6.08 Å². The van der Waals surface area contributed by atoms with E-state index in [1.165, 1.54) is 12.3 Å². The van der Waals surface area contributed by atoms with E-state index in [0.29, 0.717) is 18.6 Å². The average molecular weight is 260 g/mol. The van der Waals surface area contributed by atoms with Crippen LogP contribution in [0, 0.1) is 11.3 Å². The Hall–Kier alpha value is -2.06. The normalized spacial score (nSPS) is 18.0. The first kappa shape index (κ1) is 13.4. The summed E-state index contributed by atoms with van der Waals surface area (Å²) in [7, 11) is 0. The smallest absolute Gasteiger partial charge is 0.262 e. The molecular formula is C14H16N2O3. The summed E-state index contributed by atoms with van der Waals surface area (Å²) in [5.74, 6) is -0.0366. The highest BCUT2D eigenvalue weighted by atomic mass is 16.3. The molecule has 0 radical (unpaired) electrons. The van der Waals surface area contributed by atoms with E-state index >= 15 is 0 Å². The van der Waals surface area contributed by atoms with Crippen molar-refractivity contribution < 1.29 is 14.3 Å². The monoisotopic (exact) mass is 260 g/mol. The van der Waals surface area contributed by atoms with Crippen LogP contribution in [0.2, 0.25) is 0 Å². The second kappa shape index (κ2) is 5.72. The maximum absolute atomic E-state index is 11.8. The lowest BCUT2D eigenvalue weighted by Crippen LogP contribution is -2.41. The number of hydrogen-bond acceptors (Lipinski definition) is 4. The number of carbonyl (C=O) groups is 1. The number of amides is 1. The fourth-order valence-electron chi connectivity index (χ4n) is 2.21. The van der Waals surface area contributed by atoms with E-state index in [9.17, 15) is 9.90 Å². The highest BCUT2D eigenvalue weighted by molar-refractivity contribution is 6.01. The standard InChI is InChI=1S/C14H16N2O3/c15-9-11(8-12-4-3-7-19-12)13(17)16-10-14(18)5-1-2-6-14/h3-4,7-8,18H,1-2,5-6,10H2,(H,16,17)/b11-8+. The Morgan fingerprint density at radius 3 is 2.89 bits per heavy atom. The minimum atomic E-state index is -0.819. The van der Waals surface area contributed by atoms with E-state index in [0.717, 1.165) is 12.8 Å². The lowest BCUT2D eigenvalue weighted by molar-refractivity contribution is -0.118. The van der Waals surface area contributed by atoms with Crippen molar-refractivity contribution in [3.8, 4) is 6.07 Å². The number of carbonyl (C=O) groups excluding carboxylic acids is 1. The SMILES string of the molecule is N#C/C(=C\c1ccco1)C(=O)NCC1(O)CCCC1. The van der Waals surface area contributed by atoms with E-state index < -0.39 is 11.5 Å². The van der Waals surface area contributed by atoms with Gasteiger partial charge in [-0.1, -0.05) is 12.8 Å². The molecule has 1 aromatic heterocycles. The van der Waals surface area contributed by atoms with Crippen LogP contribution in [-0.4, -0.2) is 23.2 Å². The van der Waals surface area contributed by atoms with Gasteiger partial charge in [0.15, 0.2) is 0 Å². The molecule has 1 aromatic rings. The predicted octanol–water partition coefficient (Wildman–Crippen LogP) is 1.61. The van der Waals surface area contributed by atoms with E-state index in [1.807, 2.05) is 6.07 Å². The molecule has 0 unspecified atom stereocenters. The van der Waals surface area contributed by atoms with Gasteiger partial charge in [-0.2, -0.15) is 5.26 Å². The zero-order valence-electron chi connectivity index (χ0n) is 10.6. The van der Waals surface area contributed by atoms with Crippen molar-refractivity contribution in [3.05, 3.63) is 29.7 Å². The Morgan fingerprint density at radius 2 is 2.32 bits per heavy atom. The van der Waals surface area contributed by atoms with Gasteiger partial charge < -0.3 is 14.8 Å². The van der Waals surface area contributed by atoms with Crippen molar-refractivity contribution in [2.45, 2.75) is 31.3 Å². The Balaban J connectivity index is 1.96. The van der Waals surface area contributed by atoms with Crippen LogP contribution in [0.15, 0.2) is 28.4 Å². The Morgan fingerprint density at radius 1 is 1.58 bits per heavy atom. The molecule has 0 aromatic carbocycles. The van der Waals surface area contributed by atoms with Crippen LogP contribution in [0.5, 0.6) is 0 Å². The summed E-state index contributed by atoms with van der Waals surface area (Å²) in [5, 5.41) is 21.7. The molecule has 5 heteroatoms. The molecule has 1 aliphatic carbocycles. The molecule has 2 N–H and O–H groups in total. The van der Waals surface area contributed by atoms with Crippen molar-refractivity contribution in [2.24, 2.45) is 0 Å². The fourth-order valence-corrected chi connectivity index (χ4v) is 2.21. The molecule has 1 aliphatic rings. The zero-order chi connectivity index (χ0) is 13.7. The Bertz CT molecular complexity index is 505. The van der Waals surface area contributed by atoms with Gasteiger partial charge in [0.25, 0.3) is 5.91 Å². The summed E-state index contributed by atoms with van der Waals surface area (Å²) < 4.78 is 5.06. The first-order valence-corrected chi connectivity index (χ1v) is 6.29. The average Bonchev–Trinajstić information content (AvgIpc) is 3.05. The molecule has 1 saturated carbocycles. The van der Waals surface area contributed by atoms with Crippen molar-refractivity contribution in [2.75, 3.05) is 6.54 Å². The number of nitrogens with zero attached hydrogens (tertiary/aromatic N) is 1. The van der Waals surface area contributed by atoms with Gasteiger partial charge in [-0.25, -0.2) is 0 Å². The molecule has 2 rings (SSSR count). The summed E-state index contributed by atoms with van der Waals surface area (Å²) in [6, 6.07) is 5.18. The summed E-state index contributed by atoms with van der Waals surface area (Å²) in [4.78, 5) is 11.8. The van der Waals surface area contributed by atoms with Gasteiger partial charge in [0.2, 0.25) is 0 Å². The van der Waals surface area contributed by atoms with Crippen LogP contribution in [0.4, 0.5) is 0 Å². The van der Waals surface area contributed by atoms with Crippen molar-refractivity contribution >= 4 is 12.0 Å². The summed E-state index contributed by atoms with van der Waals surface area (Å²) in [6.45, 7) is 0.184. The highest BCUT2D eigenvalue weighted by Crippen LogP contribution is 2.28. The predicted molar refractivity (Wildman–Crippen MR) is 68.7 cm³/mol. The number of nitriles is 1. The highest BCUT2D eigenvalue weighted by Gasteiger charge is 2.31. The lowest BCUT2D eigenvalue weighted by Gasteiger charge is -2.22. The molecular weight excluding hydrogens is 244 g/mol. The van der Waals surface area contributed by atoms with Crippen molar-refractivity contribution in [3.63, 3.8) is 0 Å². The van der Waals surface area contributed by atoms with Gasteiger partial charge in [0.1, 0.15) is 17.4 Å². The summed E-state index contributed by atoms with van der Waals surface area (Å²) >= 11 is 0. The van der Waals surface area contributed by atoms with Crippen molar-refractivity contribution in [1.29, 1.82) is 5.26 Å². The largest absolute Gasteiger partial charge is 0.465 e. The van der Waals surface area contributed by atoms with Crippen LogP contribution >= 0.6 is 0 Å². The van der Waals surface area contributed by atoms with Crippen LogP contribution in [-0.2, 0) is 4.79 Å². The molecule has 19 heavy (non-hydrogen) atoms. The first-order chi connectivity index (χ1) is 9.13. The zero-order valence-corrected chi connectivity index (χ0v) is 10.6. The van der Waals surface area contributed by atoms with Crippen LogP contribution in [0.3, 0.4) is 0 Å². The number of nitrogens with one attached hydrogen (secondary N) is 1. The summed E-state index contributed by atoms with van der Waals surface area (Å²) in [6.07, 6.45) is 6.18. The molecule has 0 saturated heterocycles. The number of furan rings is 1. The van der Waals surface area contributed by atoms with Gasteiger partial charge in [-0.15, -0.1) is 0 Å². The van der Waals surface area contributed by atoms with Gasteiger partial charge in [0.05, 0.1) is 11.9 Å². The molecule has 0 spiro atoms. The molecule has 0 aliphatic heterocycles. The second-order valence-electron chi connectivity index (χ2n) is 4.80. The molecule has 100 valence electrons. The molecule has 1 fully saturated rings. The minimum Gasteiger partial charge on any atom is -0.465 e. The maximum atomic E-state index is 11.8. The van der Waals surface area contributed by atoms with E-state index in [-0.39, 0.29) is 12.1 Å². The van der Waals surface area contributed by atoms with Crippen molar-refractivity contribution in [1.82, 2.24) is 5.32 Å². The maximum Gasteiger partial charge on any atom is 0.262 e. The van der Waals surface area contributed by atoms with Crippen LogP contribution in [0.1, 0.15) is 31.4 Å². The third-order valence-corrected chi connectivity index (χ3v) is 3.31. The van der Waals surface area contributed by atoms with Crippen LogP contribution < -0.4 is 5.32 Å². The van der Waals surface area contributed by atoms with E-state index in [1.54, 1.807) is 12.1 Å². The van der Waals surface area contributed by atoms with Gasteiger partial charge in [-0.3, -0.25) is 4.79 Å². The number of aliphatic hydroxyl groups is 1. The first-order valence-electron chi connectivity index (χ1n) is 6.29. The molecule has 1 amide bonds. The molecule has 1 heterocycles. The minimum absolute atomic E-state index is 0.0310. The molecule has 5 nitrogen and oxygen atoms in total. The Kier molecular flexibility index (Phi) is 4.03. The quantitative estimate of drug-likeness (QED) is 0.636.